The van der Waals surface area contributed by atoms with Crippen molar-refractivity contribution in [3.05, 3.63) is 71.8 Å². The van der Waals surface area contributed by atoms with Gasteiger partial charge in [0.2, 0.25) is 0 Å². The summed E-state index contributed by atoms with van der Waals surface area (Å²) in [5, 5.41) is 0. The highest BCUT2D eigenvalue weighted by Gasteiger charge is 2.46. The molecule has 0 saturated heterocycles. The van der Waals surface area contributed by atoms with E-state index < -0.39 is 6.10 Å². The third-order valence-corrected chi connectivity index (χ3v) is 3.98. The van der Waals surface area contributed by atoms with Crippen LogP contribution in [0.5, 0.6) is 0 Å². The van der Waals surface area contributed by atoms with Crippen LogP contribution in [0.2, 0.25) is 0 Å². The van der Waals surface area contributed by atoms with Crippen molar-refractivity contribution >= 4 is 5.78 Å². The number of ketones is 1. The fraction of sp³-hybridized carbons (Fsp3) is 0.278. The van der Waals surface area contributed by atoms with Crippen LogP contribution in [0.3, 0.4) is 0 Å². The molecule has 3 unspecified atom stereocenters. The van der Waals surface area contributed by atoms with Crippen molar-refractivity contribution in [2.45, 2.75) is 18.4 Å². The van der Waals surface area contributed by atoms with Gasteiger partial charge in [0.05, 0.1) is 0 Å². The van der Waals surface area contributed by atoms with Crippen LogP contribution in [0.15, 0.2) is 60.7 Å². The van der Waals surface area contributed by atoms with E-state index in [9.17, 15) is 4.79 Å². The highest BCUT2D eigenvalue weighted by Crippen LogP contribution is 2.50. The fourth-order valence-electron chi connectivity index (χ4n) is 2.82. The second-order valence-corrected chi connectivity index (χ2v) is 5.29. The van der Waals surface area contributed by atoms with Crippen molar-refractivity contribution < 1.29 is 9.53 Å². The Hall–Kier alpha value is -1.93. The summed E-state index contributed by atoms with van der Waals surface area (Å²) in [5.41, 5.74) is 2.20. The molecule has 2 aromatic carbocycles. The quantitative estimate of drug-likeness (QED) is 0.824. The Balaban J connectivity index is 1.74. The van der Waals surface area contributed by atoms with Crippen LogP contribution in [0.4, 0.5) is 0 Å². The third-order valence-electron chi connectivity index (χ3n) is 3.98. The molecule has 3 atom stereocenters. The molecule has 2 heteroatoms. The molecular weight excluding hydrogens is 248 g/mol. The number of carbonyl (C=O) groups is 1. The first-order valence-corrected chi connectivity index (χ1v) is 6.97. The van der Waals surface area contributed by atoms with Gasteiger partial charge in [-0.3, -0.25) is 4.79 Å². The van der Waals surface area contributed by atoms with Crippen LogP contribution < -0.4 is 0 Å². The van der Waals surface area contributed by atoms with Crippen LogP contribution in [-0.2, 0) is 9.53 Å². The molecule has 1 aliphatic rings. The smallest absolute Gasteiger partial charge is 0.169 e. The van der Waals surface area contributed by atoms with Gasteiger partial charge in [0.25, 0.3) is 0 Å². The summed E-state index contributed by atoms with van der Waals surface area (Å²) in [4.78, 5) is 12.6. The predicted molar refractivity (Wildman–Crippen MR) is 78.5 cm³/mol. The van der Waals surface area contributed by atoms with E-state index in [1.54, 1.807) is 7.11 Å². The molecule has 0 bridgehead atoms. The molecule has 0 heterocycles. The molecule has 2 aromatic rings. The number of carbonyl (C=O) groups excluding carboxylic acids is 1. The number of methoxy groups -OCH3 is 1. The van der Waals surface area contributed by atoms with Gasteiger partial charge in [-0.15, -0.1) is 0 Å². The maximum atomic E-state index is 12.6. The zero-order chi connectivity index (χ0) is 13.9. The summed E-state index contributed by atoms with van der Waals surface area (Å²) >= 11 is 0. The first-order chi connectivity index (χ1) is 9.81. The third kappa shape index (κ3) is 2.52. The molecule has 0 spiro atoms. The first kappa shape index (κ1) is 13.1. The monoisotopic (exact) mass is 266 g/mol. The molecule has 1 fully saturated rings. The summed E-state index contributed by atoms with van der Waals surface area (Å²) in [6, 6.07) is 20.0. The zero-order valence-corrected chi connectivity index (χ0v) is 11.5. The van der Waals surface area contributed by atoms with Crippen molar-refractivity contribution in [3.8, 4) is 0 Å². The van der Waals surface area contributed by atoms with E-state index in [1.165, 1.54) is 5.56 Å². The van der Waals surface area contributed by atoms with E-state index in [0.29, 0.717) is 5.92 Å². The minimum Gasteiger partial charge on any atom is -0.369 e. The standard InChI is InChI=1S/C18H18O2/c1-20-18(14-10-6-3-7-11-14)17(19)16-12-15(16)13-8-4-2-5-9-13/h2-11,15-16,18H,12H2,1H3. The predicted octanol–water partition coefficient (Wildman–Crippen LogP) is 3.75. The summed E-state index contributed by atoms with van der Waals surface area (Å²) in [6.45, 7) is 0. The molecular formula is C18H18O2. The Morgan fingerprint density at radius 2 is 1.65 bits per heavy atom. The van der Waals surface area contributed by atoms with E-state index in [2.05, 4.69) is 12.1 Å². The van der Waals surface area contributed by atoms with Gasteiger partial charge in [-0.1, -0.05) is 60.7 Å². The summed E-state index contributed by atoms with van der Waals surface area (Å²) < 4.78 is 5.43. The molecule has 0 amide bonds. The fourth-order valence-corrected chi connectivity index (χ4v) is 2.82. The van der Waals surface area contributed by atoms with Crippen LogP contribution in [0.1, 0.15) is 29.6 Å². The maximum absolute atomic E-state index is 12.6. The van der Waals surface area contributed by atoms with Crippen molar-refractivity contribution in [2.24, 2.45) is 5.92 Å². The van der Waals surface area contributed by atoms with Gasteiger partial charge in [0.1, 0.15) is 6.10 Å². The van der Waals surface area contributed by atoms with E-state index in [0.717, 1.165) is 12.0 Å². The van der Waals surface area contributed by atoms with E-state index in [4.69, 9.17) is 4.74 Å². The molecule has 0 N–H and O–H groups in total. The molecule has 0 radical (unpaired) electrons. The Kier molecular flexibility index (Phi) is 3.66. The molecule has 0 aliphatic heterocycles. The molecule has 20 heavy (non-hydrogen) atoms. The largest absolute Gasteiger partial charge is 0.369 e. The van der Waals surface area contributed by atoms with Crippen molar-refractivity contribution in [1.29, 1.82) is 0 Å². The second kappa shape index (κ2) is 5.59. The average molecular weight is 266 g/mol. The van der Waals surface area contributed by atoms with Crippen LogP contribution in [0, 0.1) is 5.92 Å². The van der Waals surface area contributed by atoms with Gasteiger partial charge in [-0.05, 0) is 23.5 Å². The van der Waals surface area contributed by atoms with E-state index >= 15 is 0 Å². The molecule has 3 rings (SSSR count). The zero-order valence-electron chi connectivity index (χ0n) is 11.5. The summed E-state index contributed by atoms with van der Waals surface area (Å²) in [7, 11) is 1.61. The van der Waals surface area contributed by atoms with Crippen LogP contribution >= 0.6 is 0 Å². The summed E-state index contributed by atoms with van der Waals surface area (Å²) in [6.07, 6.45) is 0.505. The topological polar surface area (TPSA) is 26.3 Å². The van der Waals surface area contributed by atoms with Gasteiger partial charge in [0.15, 0.2) is 5.78 Å². The molecule has 1 aliphatic carbocycles. The van der Waals surface area contributed by atoms with Crippen molar-refractivity contribution in [1.82, 2.24) is 0 Å². The second-order valence-electron chi connectivity index (χ2n) is 5.29. The van der Waals surface area contributed by atoms with Crippen LogP contribution in [0.25, 0.3) is 0 Å². The number of Topliss-reactive ketones (excluding diaryl/α,β-unsaturated/α-hetero) is 1. The van der Waals surface area contributed by atoms with Gasteiger partial charge >= 0.3 is 0 Å². The highest BCUT2D eigenvalue weighted by molar-refractivity contribution is 5.90. The maximum Gasteiger partial charge on any atom is 0.169 e. The number of ether oxygens (including phenoxy) is 1. The lowest BCUT2D eigenvalue weighted by atomic mass is 10.00. The first-order valence-electron chi connectivity index (χ1n) is 6.97. The Labute approximate surface area is 119 Å². The van der Waals surface area contributed by atoms with Gasteiger partial charge < -0.3 is 4.74 Å². The van der Waals surface area contributed by atoms with Gasteiger partial charge in [0, 0.05) is 13.0 Å². The lowest BCUT2D eigenvalue weighted by molar-refractivity contribution is -0.130. The highest BCUT2D eigenvalue weighted by atomic mass is 16.5. The van der Waals surface area contributed by atoms with E-state index in [-0.39, 0.29) is 11.7 Å². The Bertz CT molecular complexity index is 577. The Morgan fingerprint density at radius 3 is 2.25 bits per heavy atom. The number of benzene rings is 2. The lowest BCUT2D eigenvalue weighted by Crippen LogP contribution is -2.17. The molecule has 2 nitrogen and oxygen atoms in total. The number of rotatable bonds is 5. The molecule has 1 saturated carbocycles. The van der Waals surface area contributed by atoms with Gasteiger partial charge in [-0.2, -0.15) is 0 Å². The van der Waals surface area contributed by atoms with Gasteiger partial charge in [-0.25, -0.2) is 0 Å². The molecule has 0 aromatic heterocycles. The molecule has 102 valence electrons. The lowest BCUT2D eigenvalue weighted by Gasteiger charge is -2.14. The minimum absolute atomic E-state index is 0.0996. The normalized spacial score (nSPS) is 22.2. The summed E-state index contributed by atoms with van der Waals surface area (Å²) in [5.74, 6) is 0.667. The number of hydrogen-bond donors (Lipinski definition) is 0. The van der Waals surface area contributed by atoms with Crippen LogP contribution in [-0.4, -0.2) is 12.9 Å². The van der Waals surface area contributed by atoms with E-state index in [1.807, 2.05) is 48.5 Å². The number of hydrogen-bond acceptors (Lipinski definition) is 2. The Morgan fingerprint density at radius 1 is 1.05 bits per heavy atom. The van der Waals surface area contributed by atoms with Crippen molar-refractivity contribution in [2.75, 3.05) is 7.11 Å². The minimum atomic E-state index is -0.435. The van der Waals surface area contributed by atoms with Crippen molar-refractivity contribution in [3.63, 3.8) is 0 Å². The SMILES string of the molecule is COC(C(=O)C1CC1c1ccccc1)c1ccccc1. The average Bonchev–Trinajstić information content (AvgIpc) is 3.30.